The van der Waals surface area contributed by atoms with Crippen molar-refractivity contribution in [3.8, 4) is 5.75 Å². The van der Waals surface area contributed by atoms with Crippen LogP contribution >= 0.6 is 11.6 Å². The Morgan fingerprint density at radius 1 is 1.47 bits per heavy atom. The first kappa shape index (κ1) is 15.8. The van der Waals surface area contributed by atoms with E-state index in [-0.39, 0.29) is 11.8 Å². The topological polar surface area (TPSA) is 73.6 Å². The van der Waals surface area contributed by atoms with E-state index in [1.807, 2.05) is 0 Å². The zero-order valence-electron chi connectivity index (χ0n) is 11.1. The van der Waals surface area contributed by atoms with Crippen LogP contribution in [0.5, 0.6) is 5.75 Å². The molecule has 0 saturated heterocycles. The van der Waals surface area contributed by atoms with E-state index < -0.39 is 0 Å². The highest BCUT2D eigenvalue weighted by Gasteiger charge is 2.11. The maximum atomic E-state index is 11.7. The number of nitrogens with two attached hydrogens (primary N) is 1. The van der Waals surface area contributed by atoms with Gasteiger partial charge in [-0.1, -0.05) is 18.5 Å². The first-order valence-corrected chi connectivity index (χ1v) is 6.38. The van der Waals surface area contributed by atoms with Crippen molar-refractivity contribution in [3.63, 3.8) is 0 Å². The molecule has 106 valence electrons. The van der Waals surface area contributed by atoms with Gasteiger partial charge in [0.2, 0.25) is 5.91 Å². The molecule has 1 aromatic rings. The monoisotopic (exact) mass is 286 g/mol. The van der Waals surface area contributed by atoms with E-state index in [0.29, 0.717) is 36.2 Å². The second-order valence-electron chi connectivity index (χ2n) is 4.11. The van der Waals surface area contributed by atoms with E-state index >= 15 is 0 Å². The summed E-state index contributed by atoms with van der Waals surface area (Å²) in [5.74, 6) is 0.187. The lowest BCUT2D eigenvalue weighted by atomic mass is 10.1. The predicted octanol–water partition coefficient (Wildman–Crippen LogP) is 1.90. The quantitative estimate of drug-likeness (QED) is 0.751. The van der Waals surface area contributed by atoms with E-state index in [2.05, 4.69) is 5.32 Å². The number of carbonyl (C=O) groups is 1. The normalized spacial score (nSPS) is 12.0. The van der Waals surface area contributed by atoms with Gasteiger partial charge in [-0.15, -0.1) is 0 Å². The van der Waals surface area contributed by atoms with Gasteiger partial charge in [0.05, 0.1) is 11.6 Å². The highest BCUT2D eigenvalue weighted by atomic mass is 35.5. The summed E-state index contributed by atoms with van der Waals surface area (Å²) in [5, 5.41) is 3.18. The molecular weight excluding hydrogens is 268 g/mol. The summed E-state index contributed by atoms with van der Waals surface area (Å²) in [6.45, 7) is 2.98. The maximum absolute atomic E-state index is 11.7. The highest BCUT2D eigenvalue weighted by Crippen LogP contribution is 2.27. The third kappa shape index (κ3) is 5.06. The van der Waals surface area contributed by atoms with E-state index in [1.54, 1.807) is 32.2 Å². The average molecular weight is 287 g/mol. The van der Waals surface area contributed by atoms with Crippen molar-refractivity contribution in [2.24, 2.45) is 11.7 Å². The van der Waals surface area contributed by atoms with Gasteiger partial charge in [0.25, 0.3) is 0 Å². The molecule has 3 N–H and O–H groups in total. The molecule has 1 rings (SSSR count). The Hall–Kier alpha value is -1.30. The fourth-order valence-corrected chi connectivity index (χ4v) is 1.54. The van der Waals surface area contributed by atoms with Gasteiger partial charge in [-0.05, 0) is 18.2 Å². The van der Waals surface area contributed by atoms with Crippen molar-refractivity contribution in [2.45, 2.75) is 6.92 Å². The summed E-state index contributed by atoms with van der Waals surface area (Å²) >= 11 is 6.06. The Morgan fingerprint density at radius 3 is 2.79 bits per heavy atom. The van der Waals surface area contributed by atoms with Crippen LogP contribution in [-0.4, -0.2) is 32.8 Å². The van der Waals surface area contributed by atoms with E-state index in [4.69, 9.17) is 26.8 Å². The number of amides is 1. The maximum Gasteiger partial charge on any atom is 0.228 e. The van der Waals surface area contributed by atoms with Crippen LogP contribution in [0.4, 0.5) is 5.69 Å². The molecule has 0 saturated carbocycles. The van der Waals surface area contributed by atoms with Crippen molar-refractivity contribution >= 4 is 23.2 Å². The Balaban J connectivity index is 2.63. The van der Waals surface area contributed by atoms with E-state index in [1.165, 1.54) is 0 Å². The number of rotatable bonds is 7. The van der Waals surface area contributed by atoms with Crippen molar-refractivity contribution in [2.75, 3.05) is 32.2 Å². The molecule has 1 amide bonds. The van der Waals surface area contributed by atoms with Crippen molar-refractivity contribution in [1.29, 1.82) is 0 Å². The largest absolute Gasteiger partial charge is 0.490 e. The Labute approximate surface area is 118 Å². The molecule has 0 aromatic heterocycles. The minimum atomic E-state index is -0.239. The molecule has 0 heterocycles. The number of methoxy groups -OCH3 is 1. The highest BCUT2D eigenvalue weighted by molar-refractivity contribution is 6.32. The van der Waals surface area contributed by atoms with Crippen LogP contribution in [0.1, 0.15) is 6.92 Å². The second-order valence-corrected chi connectivity index (χ2v) is 4.52. The Bertz CT molecular complexity index is 426. The fourth-order valence-electron chi connectivity index (χ4n) is 1.30. The minimum absolute atomic E-state index is 0.133. The summed E-state index contributed by atoms with van der Waals surface area (Å²) in [4.78, 5) is 11.7. The average Bonchev–Trinajstić information content (AvgIpc) is 2.40. The van der Waals surface area contributed by atoms with Gasteiger partial charge < -0.3 is 20.5 Å². The number of benzene rings is 1. The van der Waals surface area contributed by atoms with Crippen LogP contribution in [0.2, 0.25) is 5.02 Å². The number of halogens is 1. The van der Waals surface area contributed by atoms with Gasteiger partial charge in [0.1, 0.15) is 12.4 Å². The number of carbonyl (C=O) groups excluding carboxylic acids is 1. The zero-order valence-corrected chi connectivity index (χ0v) is 11.9. The lowest BCUT2D eigenvalue weighted by molar-refractivity contribution is -0.119. The molecule has 0 aliphatic carbocycles. The second kappa shape index (κ2) is 7.99. The molecule has 0 spiro atoms. The molecule has 0 aliphatic rings. The molecule has 0 bridgehead atoms. The molecule has 0 aliphatic heterocycles. The molecule has 5 nitrogen and oxygen atoms in total. The summed E-state index contributed by atoms with van der Waals surface area (Å²) < 4.78 is 10.3. The Kier molecular flexibility index (Phi) is 6.62. The summed E-state index contributed by atoms with van der Waals surface area (Å²) in [6, 6.07) is 5.08. The standard InChI is InChI=1S/C13H19ClN2O3/c1-9(8-15)13(17)16-10-3-4-12(11(14)7-10)19-6-5-18-2/h3-4,7,9H,5-6,8,15H2,1-2H3,(H,16,17). The van der Waals surface area contributed by atoms with Crippen LogP contribution in [0.15, 0.2) is 18.2 Å². The van der Waals surface area contributed by atoms with Crippen molar-refractivity contribution < 1.29 is 14.3 Å². The molecule has 6 heteroatoms. The van der Waals surface area contributed by atoms with Crippen LogP contribution in [0.25, 0.3) is 0 Å². The number of hydrogen-bond donors (Lipinski definition) is 2. The SMILES string of the molecule is COCCOc1ccc(NC(=O)C(C)CN)cc1Cl. The van der Waals surface area contributed by atoms with Gasteiger partial charge in [0, 0.05) is 25.3 Å². The smallest absolute Gasteiger partial charge is 0.228 e. The van der Waals surface area contributed by atoms with Crippen LogP contribution in [0, 0.1) is 5.92 Å². The number of hydrogen-bond acceptors (Lipinski definition) is 4. The zero-order chi connectivity index (χ0) is 14.3. The molecule has 1 unspecified atom stereocenters. The Morgan fingerprint density at radius 2 is 2.21 bits per heavy atom. The van der Waals surface area contributed by atoms with Crippen LogP contribution < -0.4 is 15.8 Å². The first-order valence-electron chi connectivity index (χ1n) is 6.00. The molecule has 1 aromatic carbocycles. The number of ether oxygens (including phenoxy) is 2. The number of nitrogens with one attached hydrogen (secondary N) is 1. The lowest BCUT2D eigenvalue weighted by Gasteiger charge is -2.12. The number of anilines is 1. The summed E-state index contributed by atoms with van der Waals surface area (Å²) in [7, 11) is 1.60. The lowest BCUT2D eigenvalue weighted by Crippen LogP contribution is -2.26. The van der Waals surface area contributed by atoms with Crippen LogP contribution in [0.3, 0.4) is 0 Å². The van der Waals surface area contributed by atoms with Crippen molar-refractivity contribution in [1.82, 2.24) is 0 Å². The van der Waals surface area contributed by atoms with E-state index in [9.17, 15) is 4.79 Å². The van der Waals surface area contributed by atoms with Crippen LogP contribution in [-0.2, 0) is 9.53 Å². The van der Waals surface area contributed by atoms with Gasteiger partial charge in [-0.3, -0.25) is 4.79 Å². The predicted molar refractivity (Wildman–Crippen MR) is 75.7 cm³/mol. The molecule has 0 radical (unpaired) electrons. The molecule has 1 atom stereocenters. The van der Waals surface area contributed by atoms with Gasteiger partial charge in [-0.25, -0.2) is 0 Å². The van der Waals surface area contributed by atoms with Gasteiger partial charge in [0.15, 0.2) is 0 Å². The molecular formula is C13H19ClN2O3. The third-order valence-corrected chi connectivity index (χ3v) is 2.84. The van der Waals surface area contributed by atoms with Gasteiger partial charge in [-0.2, -0.15) is 0 Å². The summed E-state index contributed by atoms with van der Waals surface area (Å²) in [6.07, 6.45) is 0. The van der Waals surface area contributed by atoms with E-state index in [0.717, 1.165) is 0 Å². The first-order chi connectivity index (χ1) is 9.08. The van der Waals surface area contributed by atoms with Crippen molar-refractivity contribution in [3.05, 3.63) is 23.2 Å². The third-order valence-electron chi connectivity index (χ3n) is 2.55. The summed E-state index contributed by atoms with van der Waals surface area (Å²) in [5.41, 5.74) is 6.05. The minimum Gasteiger partial charge on any atom is -0.490 e. The van der Waals surface area contributed by atoms with Gasteiger partial charge >= 0.3 is 0 Å². The fraction of sp³-hybridized carbons (Fsp3) is 0.462. The molecule has 19 heavy (non-hydrogen) atoms. The molecule has 0 fully saturated rings.